The summed E-state index contributed by atoms with van der Waals surface area (Å²) in [5.41, 5.74) is 5.57. The van der Waals surface area contributed by atoms with Gasteiger partial charge in [-0.1, -0.05) is 26.1 Å². The topological polar surface area (TPSA) is 66.6 Å². The van der Waals surface area contributed by atoms with Crippen LogP contribution in [0.5, 0.6) is 0 Å². The monoisotopic (exact) mass is 246 g/mol. The average Bonchev–Trinajstić information content (AvgIpc) is 2.12. The van der Waals surface area contributed by atoms with Crippen LogP contribution in [0.4, 0.5) is 0 Å². The summed E-state index contributed by atoms with van der Waals surface area (Å²) < 4.78 is 0. The van der Waals surface area contributed by atoms with Gasteiger partial charge in [0.25, 0.3) is 0 Å². The molecule has 0 saturated carbocycles. The quantitative estimate of drug-likeness (QED) is 0.680. The number of hydrogen-bond acceptors (Lipinski definition) is 3. The Balaban J connectivity index is 4.44. The summed E-state index contributed by atoms with van der Waals surface area (Å²) in [5, 5.41) is 9.15. The molecule has 94 valence electrons. The van der Waals surface area contributed by atoms with Crippen LogP contribution in [0.3, 0.4) is 0 Å². The molecule has 0 aliphatic rings. The highest BCUT2D eigenvalue weighted by molar-refractivity contribution is 7.80. The Morgan fingerprint density at radius 2 is 1.94 bits per heavy atom. The lowest BCUT2D eigenvalue weighted by atomic mass is 9.94. The third-order valence-electron chi connectivity index (χ3n) is 2.50. The summed E-state index contributed by atoms with van der Waals surface area (Å²) in [7, 11) is 1.71. The van der Waals surface area contributed by atoms with E-state index in [9.17, 15) is 4.79 Å². The minimum atomic E-state index is -0.408. The van der Waals surface area contributed by atoms with Crippen molar-refractivity contribution in [2.24, 2.45) is 17.6 Å². The van der Waals surface area contributed by atoms with Crippen molar-refractivity contribution in [1.29, 1.82) is 0 Å². The molecule has 4 nitrogen and oxygen atoms in total. The Morgan fingerprint density at radius 3 is 2.25 bits per heavy atom. The van der Waals surface area contributed by atoms with E-state index < -0.39 is 12.0 Å². The first-order chi connectivity index (χ1) is 7.27. The van der Waals surface area contributed by atoms with E-state index >= 15 is 0 Å². The summed E-state index contributed by atoms with van der Waals surface area (Å²) in [4.78, 5) is 13.8. The molecule has 1 amide bonds. The Hall–Kier alpha value is -0.680. The zero-order valence-electron chi connectivity index (χ0n) is 10.4. The molecule has 0 bridgehead atoms. The maximum Gasteiger partial charge on any atom is 0.232 e. The second-order valence-electron chi connectivity index (χ2n) is 4.52. The molecule has 3 N–H and O–H groups in total. The fourth-order valence-electron chi connectivity index (χ4n) is 1.46. The van der Waals surface area contributed by atoms with Gasteiger partial charge in [-0.2, -0.15) is 0 Å². The average molecular weight is 246 g/mol. The molecule has 0 aliphatic carbocycles. The molecule has 0 aromatic carbocycles. The van der Waals surface area contributed by atoms with Crippen molar-refractivity contribution < 1.29 is 9.90 Å². The van der Waals surface area contributed by atoms with E-state index in [1.807, 2.05) is 13.8 Å². The summed E-state index contributed by atoms with van der Waals surface area (Å²) >= 11 is 4.91. The highest BCUT2D eigenvalue weighted by Gasteiger charge is 2.27. The van der Waals surface area contributed by atoms with Gasteiger partial charge in [-0.25, -0.2) is 0 Å². The van der Waals surface area contributed by atoms with Gasteiger partial charge in [0.05, 0.1) is 17.0 Å². The first kappa shape index (κ1) is 15.3. The van der Waals surface area contributed by atoms with E-state index in [4.69, 9.17) is 23.1 Å². The zero-order valence-corrected chi connectivity index (χ0v) is 11.3. The molecule has 16 heavy (non-hydrogen) atoms. The standard InChI is InChI=1S/C11H22N2O2S/c1-7(2)9(10(12)16)11(15)13(4)6-5-8(3)14/h7-9,14H,5-6H2,1-4H3,(H2,12,16). The van der Waals surface area contributed by atoms with E-state index in [0.29, 0.717) is 13.0 Å². The lowest BCUT2D eigenvalue weighted by Gasteiger charge is -2.25. The number of amides is 1. The normalized spacial score (nSPS) is 14.6. The summed E-state index contributed by atoms with van der Waals surface area (Å²) in [6.45, 7) is 6.06. The van der Waals surface area contributed by atoms with Gasteiger partial charge in [-0.15, -0.1) is 0 Å². The number of rotatable bonds is 6. The Morgan fingerprint density at radius 1 is 1.44 bits per heavy atom. The van der Waals surface area contributed by atoms with Crippen molar-refractivity contribution in [2.45, 2.75) is 33.3 Å². The van der Waals surface area contributed by atoms with Crippen LogP contribution in [0.1, 0.15) is 27.2 Å². The fourth-order valence-corrected chi connectivity index (χ4v) is 1.84. The highest BCUT2D eigenvalue weighted by atomic mass is 32.1. The molecule has 0 aromatic rings. The molecule has 0 aromatic heterocycles. The third-order valence-corrected chi connectivity index (χ3v) is 2.75. The fraction of sp³-hybridized carbons (Fsp3) is 0.818. The lowest BCUT2D eigenvalue weighted by molar-refractivity contribution is -0.133. The van der Waals surface area contributed by atoms with E-state index in [1.165, 1.54) is 0 Å². The van der Waals surface area contributed by atoms with Crippen molar-refractivity contribution in [1.82, 2.24) is 4.90 Å². The maximum absolute atomic E-state index is 12.0. The van der Waals surface area contributed by atoms with Crippen LogP contribution < -0.4 is 5.73 Å². The zero-order chi connectivity index (χ0) is 12.9. The van der Waals surface area contributed by atoms with Gasteiger partial charge in [0.2, 0.25) is 5.91 Å². The molecular formula is C11H22N2O2S. The molecule has 0 radical (unpaired) electrons. The van der Waals surface area contributed by atoms with Crippen LogP contribution in [0.2, 0.25) is 0 Å². The molecule has 0 fully saturated rings. The van der Waals surface area contributed by atoms with Gasteiger partial charge in [0, 0.05) is 13.6 Å². The first-order valence-corrected chi connectivity index (χ1v) is 5.90. The van der Waals surface area contributed by atoms with Crippen LogP contribution in [0.15, 0.2) is 0 Å². The van der Waals surface area contributed by atoms with E-state index in [-0.39, 0.29) is 16.8 Å². The summed E-state index contributed by atoms with van der Waals surface area (Å²) in [6, 6.07) is 0. The van der Waals surface area contributed by atoms with Crippen molar-refractivity contribution in [3.05, 3.63) is 0 Å². The predicted molar refractivity (Wildman–Crippen MR) is 69.0 cm³/mol. The molecule has 0 rings (SSSR count). The van der Waals surface area contributed by atoms with Crippen molar-refractivity contribution in [2.75, 3.05) is 13.6 Å². The van der Waals surface area contributed by atoms with Crippen LogP contribution in [-0.4, -0.2) is 40.6 Å². The minimum Gasteiger partial charge on any atom is -0.393 e. The maximum atomic E-state index is 12.0. The van der Waals surface area contributed by atoms with Crippen LogP contribution in [0, 0.1) is 11.8 Å². The Kier molecular flexibility index (Phi) is 6.52. The predicted octanol–water partition coefficient (Wildman–Crippen LogP) is 0.774. The number of aliphatic hydroxyl groups excluding tert-OH is 1. The molecule has 0 spiro atoms. The first-order valence-electron chi connectivity index (χ1n) is 5.49. The highest BCUT2D eigenvalue weighted by Crippen LogP contribution is 2.14. The molecule has 0 heterocycles. The van der Waals surface area contributed by atoms with Gasteiger partial charge in [-0.3, -0.25) is 4.79 Å². The minimum absolute atomic E-state index is 0.0665. The molecular weight excluding hydrogens is 224 g/mol. The number of nitrogens with zero attached hydrogens (tertiary/aromatic N) is 1. The number of aliphatic hydroxyl groups is 1. The SMILES string of the molecule is CC(O)CCN(C)C(=O)C(C(N)=S)C(C)C. The van der Waals surface area contributed by atoms with Gasteiger partial charge in [0.15, 0.2) is 0 Å². The molecule has 0 saturated heterocycles. The summed E-state index contributed by atoms with van der Waals surface area (Å²) in [5.74, 6) is -0.379. The van der Waals surface area contributed by atoms with Crippen LogP contribution >= 0.6 is 12.2 Å². The van der Waals surface area contributed by atoms with Crippen molar-refractivity contribution >= 4 is 23.1 Å². The second-order valence-corrected chi connectivity index (χ2v) is 4.99. The van der Waals surface area contributed by atoms with Gasteiger partial charge in [0.1, 0.15) is 0 Å². The molecule has 2 atom stereocenters. The van der Waals surface area contributed by atoms with Crippen molar-refractivity contribution in [3.63, 3.8) is 0 Å². The number of nitrogens with two attached hydrogens (primary N) is 1. The van der Waals surface area contributed by atoms with E-state index in [2.05, 4.69) is 0 Å². The largest absolute Gasteiger partial charge is 0.393 e. The molecule has 2 unspecified atom stereocenters. The van der Waals surface area contributed by atoms with Gasteiger partial charge < -0.3 is 15.7 Å². The number of carbonyl (C=O) groups is 1. The number of hydrogen-bond donors (Lipinski definition) is 2. The van der Waals surface area contributed by atoms with Gasteiger partial charge in [-0.05, 0) is 19.3 Å². The van der Waals surface area contributed by atoms with Crippen molar-refractivity contribution in [3.8, 4) is 0 Å². The third kappa shape index (κ3) is 4.90. The van der Waals surface area contributed by atoms with E-state index in [0.717, 1.165) is 0 Å². The Bertz CT molecular complexity index is 254. The van der Waals surface area contributed by atoms with Gasteiger partial charge >= 0.3 is 0 Å². The smallest absolute Gasteiger partial charge is 0.232 e. The summed E-state index contributed by atoms with van der Waals surface area (Å²) in [6.07, 6.45) is 0.155. The molecule has 0 aliphatic heterocycles. The van der Waals surface area contributed by atoms with E-state index in [1.54, 1.807) is 18.9 Å². The lowest BCUT2D eigenvalue weighted by Crippen LogP contribution is -2.42. The Labute approximate surface area is 103 Å². The van der Waals surface area contributed by atoms with Crippen LogP contribution in [-0.2, 0) is 4.79 Å². The molecule has 5 heteroatoms. The number of thiocarbonyl (C=S) groups is 1. The second kappa shape index (κ2) is 6.81. The number of carbonyl (C=O) groups excluding carboxylic acids is 1. The van der Waals surface area contributed by atoms with Crippen LogP contribution in [0.25, 0.3) is 0 Å².